The van der Waals surface area contributed by atoms with Crippen LogP contribution in [-0.2, 0) is 4.74 Å². The van der Waals surface area contributed by atoms with Crippen molar-refractivity contribution in [2.45, 2.75) is 25.4 Å². The molecule has 2 aliphatic heterocycles. The minimum absolute atomic E-state index is 0.0388. The molecule has 2 saturated heterocycles. The fraction of sp³-hybridized carbons (Fsp3) is 0.474. The third-order valence-electron chi connectivity index (χ3n) is 5.21. The molecule has 2 aromatic rings. The van der Waals surface area contributed by atoms with E-state index in [4.69, 9.17) is 4.74 Å². The number of carbonyl (C=O) groups excluding carboxylic acids is 1. The van der Waals surface area contributed by atoms with Crippen molar-refractivity contribution < 1.29 is 13.9 Å². The molecule has 0 unspecified atom stereocenters. The predicted molar refractivity (Wildman–Crippen MR) is 97.0 cm³/mol. The van der Waals surface area contributed by atoms with Gasteiger partial charge in [0.25, 0.3) is 5.91 Å². The monoisotopic (exact) mass is 371 g/mol. The zero-order valence-electron chi connectivity index (χ0n) is 15.3. The summed E-state index contributed by atoms with van der Waals surface area (Å²) in [6, 6.07) is 5.49. The Hall–Kier alpha value is -2.61. The summed E-state index contributed by atoms with van der Waals surface area (Å²) in [6.07, 6.45) is 3.84. The molecular weight excluding hydrogens is 349 g/mol. The number of rotatable bonds is 2. The Morgan fingerprint density at radius 1 is 1.19 bits per heavy atom. The molecule has 0 atom stereocenters. The summed E-state index contributed by atoms with van der Waals surface area (Å²) >= 11 is 0. The number of halogens is 1. The zero-order valence-corrected chi connectivity index (χ0v) is 15.3. The highest BCUT2D eigenvalue weighted by Gasteiger charge is 2.41. The van der Waals surface area contributed by atoms with Gasteiger partial charge in [-0.25, -0.2) is 19.3 Å². The van der Waals surface area contributed by atoms with Crippen molar-refractivity contribution >= 4 is 11.9 Å². The van der Waals surface area contributed by atoms with Gasteiger partial charge in [0.15, 0.2) is 5.82 Å². The maximum atomic E-state index is 13.1. The van der Waals surface area contributed by atoms with Gasteiger partial charge in [0.05, 0.1) is 31.1 Å². The largest absolute Gasteiger partial charge is 0.371 e. The van der Waals surface area contributed by atoms with E-state index in [1.54, 1.807) is 6.07 Å². The standard InChI is InChI=1S/C19H22FN5O2/c1-14-3-2-4-16(23-14)17(26)24-7-5-19(6-8-24)13-25(9-10-27-19)18-21-11-15(20)12-22-18/h2-4,11-12H,5-10,13H2,1H3. The Balaban J connectivity index is 1.41. The SMILES string of the molecule is Cc1cccc(C(=O)N2CCC3(CC2)CN(c2ncc(F)cn2)CCO3)n1. The van der Waals surface area contributed by atoms with Crippen molar-refractivity contribution in [3.05, 3.63) is 47.8 Å². The first-order valence-electron chi connectivity index (χ1n) is 9.14. The van der Waals surface area contributed by atoms with Crippen molar-refractivity contribution in [1.82, 2.24) is 19.9 Å². The maximum Gasteiger partial charge on any atom is 0.272 e. The third kappa shape index (κ3) is 3.75. The first-order chi connectivity index (χ1) is 13.0. The van der Waals surface area contributed by atoms with E-state index in [0.29, 0.717) is 44.4 Å². The van der Waals surface area contributed by atoms with Crippen LogP contribution in [-0.4, -0.2) is 64.1 Å². The van der Waals surface area contributed by atoms with Gasteiger partial charge in [-0.1, -0.05) is 6.07 Å². The molecule has 2 aromatic heterocycles. The second kappa shape index (κ2) is 7.19. The molecule has 1 spiro atoms. The summed E-state index contributed by atoms with van der Waals surface area (Å²) in [6.45, 7) is 4.99. The number of pyridine rings is 1. The number of amides is 1. The van der Waals surface area contributed by atoms with Crippen molar-refractivity contribution in [1.29, 1.82) is 0 Å². The van der Waals surface area contributed by atoms with E-state index in [0.717, 1.165) is 18.5 Å². The van der Waals surface area contributed by atoms with Gasteiger partial charge >= 0.3 is 0 Å². The second-order valence-electron chi connectivity index (χ2n) is 7.11. The molecule has 27 heavy (non-hydrogen) atoms. The van der Waals surface area contributed by atoms with Gasteiger partial charge in [0.2, 0.25) is 5.95 Å². The number of carbonyl (C=O) groups is 1. The van der Waals surface area contributed by atoms with Crippen molar-refractivity contribution in [2.75, 3.05) is 37.7 Å². The highest BCUT2D eigenvalue weighted by Crippen LogP contribution is 2.31. The fourth-order valence-electron chi connectivity index (χ4n) is 3.73. The summed E-state index contributed by atoms with van der Waals surface area (Å²) in [7, 11) is 0. The number of hydrogen-bond acceptors (Lipinski definition) is 6. The van der Waals surface area contributed by atoms with E-state index < -0.39 is 5.82 Å². The summed E-state index contributed by atoms with van der Waals surface area (Å²) < 4.78 is 19.2. The number of anilines is 1. The average molecular weight is 371 g/mol. The molecule has 0 N–H and O–H groups in total. The van der Waals surface area contributed by atoms with Gasteiger partial charge in [0.1, 0.15) is 5.69 Å². The quantitative estimate of drug-likeness (QED) is 0.802. The van der Waals surface area contributed by atoms with E-state index in [9.17, 15) is 9.18 Å². The highest BCUT2D eigenvalue weighted by molar-refractivity contribution is 5.92. The maximum absolute atomic E-state index is 13.1. The zero-order chi connectivity index (χ0) is 18.9. The lowest BCUT2D eigenvalue weighted by molar-refractivity contribution is -0.0872. The molecule has 8 heteroatoms. The number of ether oxygens (including phenoxy) is 1. The highest BCUT2D eigenvalue weighted by atomic mass is 19.1. The van der Waals surface area contributed by atoms with Crippen LogP contribution in [0.15, 0.2) is 30.6 Å². The van der Waals surface area contributed by atoms with Gasteiger partial charge in [0, 0.05) is 25.3 Å². The van der Waals surface area contributed by atoms with E-state index in [2.05, 4.69) is 15.0 Å². The van der Waals surface area contributed by atoms with Crippen LogP contribution in [0, 0.1) is 12.7 Å². The van der Waals surface area contributed by atoms with Crippen LogP contribution < -0.4 is 4.90 Å². The minimum Gasteiger partial charge on any atom is -0.371 e. The van der Waals surface area contributed by atoms with Crippen LogP contribution in [0.5, 0.6) is 0 Å². The number of piperidine rings is 1. The van der Waals surface area contributed by atoms with E-state index in [1.807, 2.05) is 28.9 Å². The molecule has 0 aliphatic carbocycles. The predicted octanol–water partition coefficient (Wildman–Crippen LogP) is 1.83. The Morgan fingerprint density at radius 2 is 1.93 bits per heavy atom. The molecule has 142 valence electrons. The van der Waals surface area contributed by atoms with Crippen LogP contribution in [0.2, 0.25) is 0 Å². The van der Waals surface area contributed by atoms with E-state index >= 15 is 0 Å². The molecular formula is C19H22FN5O2. The summed E-state index contributed by atoms with van der Waals surface area (Å²) in [5.74, 6) is 0.0305. The normalized spacial score (nSPS) is 19.3. The third-order valence-corrected chi connectivity index (χ3v) is 5.21. The molecule has 2 aliphatic rings. The Bertz CT molecular complexity index is 821. The molecule has 1 amide bonds. The number of nitrogens with zero attached hydrogens (tertiary/aromatic N) is 5. The molecule has 0 radical (unpaired) electrons. The van der Waals surface area contributed by atoms with Crippen LogP contribution in [0.3, 0.4) is 0 Å². The lowest BCUT2D eigenvalue weighted by Gasteiger charge is -2.47. The molecule has 0 saturated carbocycles. The van der Waals surface area contributed by atoms with E-state index in [-0.39, 0.29) is 11.5 Å². The van der Waals surface area contributed by atoms with Gasteiger partial charge in [-0.3, -0.25) is 4.79 Å². The van der Waals surface area contributed by atoms with Crippen LogP contribution in [0.25, 0.3) is 0 Å². The second-order valence-corrected chi connectivity index (χ2v) is 7.11. The molecule has 0 bridgehead atoms. The summed E-state index contributed by atoms with van der Waals surface area (Å²) in [5.41, 5.74) is 0.990. The van der Waals surface area contributed by atoms with Crippen molar-refractivity contribution in [2.24, 2.45) is 0 Å². The smallest absolute Gasteiger partial charge is 0.272 e. The van der Waals surface area contributed by atoms with Gasteiger partial charge in [-0.05, 0) is 31.9 Å². The number of morpholine rings is 1. The van der Waals surface area contributed by atoms with Crippen LogP contribution >= 0.6 is 0 Å². The Labute approximate surface area is 157 Å². The first-order valence-corrected chi connectivity index (χ1v) is 9.14. The molecule has 2 fully saturated rings. The average Bonchev–Trinajstić information content (AvgIpc) is 2.69. The Kier molecular flexibility index (Phi) is 4.73. The van der Waals surface area contributed by atoms with Gasteiger partial charge in [-0.15, -0.1) is 0 Å². The summed E-state index contributed by atoms with van der Waals surface area (Å²) in [4.78, 5) is 29.1. The lowest BCUT2D eigenvalue weighted by atomic mass is 9.89. The number of hydrogen-bond donors (Lipinski definition) is 0. The van der Waals surface area contributed by atoms with Crippen LogP contribution in [0.1, 0.15) is 29.0 Å². The molecule has 0 aromatic carbocycles. The van der Waals surface area contributed by atoms with Gasteiger partial charge in [-0.2, -0.15) is 0 Å². The topological polar surface area (TPSA) is 71.5 Å². The van der Waals surface area contributed by atoms with E-state index in [1.165, 1.54) is 12.4 Å². The summed E-state index contributed by atoms with van der Waals surface area (Å²) in [5, 5.41) is 0. The first kappa shape index (κ1) is 17.8. The van der Waals surface area contributed by atoms with Gasteiger partial charge < -0.3 is 14.5 Å². The fourth-order valence-corrected chi connectivity index (χ4v) is 3.73. The molecule has 7 nitrogen and oxygen atoms in total. The minimum atomic E-state index is -0.446. The van der Waals surface area contributed by atoms with Crippen molar-refractivity contribution in [3.63, 3.8) is 0 Å². The number of aryl methyl sites for hydroxylation is 1. The van der Waals surface area contributed by atoms with Crippen molar-refractivity contribution in [3.8, 4) is 0 Å². The molecule has 4 rings (SSSR count). The molecule has 4 heterocycles. The Morgan fingerprint density at radius 3 is 2.63 bits per heavy atom. The lowest BCUT2D eigenvalue weighted by Crippen LogP contribution is -2.58. The van der Waals surface area contributed by atoms with Crippen LogP contribution in [0.4, 0.5) is 10.3 Å². The number of likely N-dealkylation sites (tertiary alicyclic amines) is 1. The number of aromatic nitrogens is 3.